The van der Waals surface area contributed by atoms with Crippen molar-refractivity contribution in [2.24, 2.45) is 0 Å². The molecule has 4 rings (SSSR count). The predicted molar refractivity (Wildman–Crippen MR) is 117 cm³/mol. The average molecular weight is 443 g/mol. The maximum Gasteiger partial charge on any atom is 0.270 e. The Morgan fingerprint density at radius 1 is 1.03 bits per heavy atom. The number of morpholine rings is 1. The standard InChI is InChI=1S/C23H24F3N5O/c1-14-12-31(13-15(2)32-14)22-9-20(19(24)11-27-22)29-21-8-17(10-28-30-21)16-4-6-18(7-5-16)23(3,25)26/h4-11,14-15H,12-13H2,1-3H3,(H,27,29,30)/t14-,15+. The summed E-state index contributed by atoms with van der Waals surface area (Å²) >= 11 is 0. The van der Waals surface area contributed by atoms with Gasteiger partial charge in [0, 0.05) is 37.2 Å². The molecule has 3 heterocycles. The molecular formula is C23H24F3N5O. The van der Waals surface area contributed by atoms with E-state index < -0.39 is 11.7 Å². The van der Waals surface area contributed by atoms with Crippen LogP contribution < -0.4 is 10.2 Å². The summed E-state index contributed by atoms with van der Waals surface area (Å²) in [7, 11) is 0. The van der Waals surface area contributed by atoms with Gasteiger partial charge in [-0.2, -0.15) is 5.10 Å². The van der Waals surface area contributed by atoms with E-state index in [0.717, 1.165) is 6.92 Å². The van der Waals surface area contributed by atoms with Crippen molar-refractivity contribution in [1.29, 1.82) is 0 Å². The van der Waals surface area contributed by atoms with Gasteiger partial charge in [-0.05, 0) is 25.5 Å². The molecule has 3 aromatic rings. The number of aromatic nitrogens is 3. The van der Waals surface area contributed by atoms with Crippen molar-refractivity contribution >= 4 is 17.3 Å². The largest absolute Gasteiger partial charge is 0.372 e. The van der Waals surface area contributed by atoms with Crippen molar-refractivity contribution in [3.05, 3.63) is 60.2 Å². The second kappa shape index (κ2) is 8.74. The zero-order valence-corrected chi connectivity index (χ0v) is 18.0. The number of ether oxygens (including phenoxy) is 1. The molecule has 1 N–H and O–H groups in total. The Morgan fingerprint density at radius 2 is 1.72 bits per heavy atom. The fourth-order valence-corrected chi connectivity index (χ4v) is 3.74. The third-order valence-corrected chi connectivity index (χ3v) is 5.23. The Kier molecular flexibility index (Phi) is 6.01. The first-order valence-corrected chi connectivity index (χ1v) is 10.3. The van der Waals surface area contributed by atoms with E-state index in [2.05, 4.69) is 25.4 Å². The van der Waals surface area contributed by atoms with Crippen LogP contribution in [0, 0.1) is 5.82 Å². The zero-order valence-electron chi connectivity index (χ0n) is 18.0. The lowest BCUT2D eigenvalue weighted by Crippen LogP contribution is -2.45. The molecule has 1 aliphatic rings. The minimum absolute atomic E-state index is 0.0450. The summed E-state index contributed by atoms with van der Waals surface area (Å²) < 4.78 is 47.1. The Labute approximate surface area is 184 Å². The van der Waals surface area contributed by atoms with E-state index in [-0.39, 0.29) is 23.5 Å². The van der Waals surface area contributed by atoms with Gasteiger partial charge in [-0.1, -0.05) is 24.3 Å². The molecule has 0 spiro atoms. The van der Waals surface area contributed by atoms with Gasteiger partial charge in [0.2, 0.25) is 0 Å². The number of anilines is 3. The van der Waals surface area contributed by atoms with Crippen LogP contribution in [-0.4, -0.2) is 40.5 Å². The molecule has 0 aliphatic carbocycles. The molecule has 1 fully saturated rings. The monoisotopic (exact) mass is 443 g/mol. The molecule has 0 amide bonds. The highest BCUT2D eigenvalue weighted by atomic mass is 19.3. The molecule has 168 valence electrons. The fraction of sp³-hybridized carbons (Fsp3) is 0.348. The van der Waals surface area contributed by atoms with E-state index in [0.29, 0.717) is 35.9 Å². The van der Waals surface area contributed by atoms with Gasteiger partial charge in [0.05, 0.1) is 30.3 Å². The van der Waals surface area contributed by atoms with Crippen LogP contribution >= 0.6 is 0 Å². The van der Waals surface area contributed by atoms with Crippen molar-refractivity contribution in [3.63, 3.8) is 0 Å². The molecular weight excluding hydrogens is 419 g/mol. The topological polar surface area (TPSA) is 63.2 Å². The van der Waals surface area contributed by atoms with Crippen LogP contribution in [-0.2, 0) is 10.7 Å². The molecule has 1 aromatic carbocycles. The molecule has 32 heavy (non-hydrogen) atoms. The number of rotatable bonds is 5. The summed E-state index contributed by atoms with van der Waals surface area (Å²) in [4.78, 5) is 6.28. The minimum Gasteiger partial charge on any atom is -0.372 e. The van der Waals surface area contributed by atoms with Crippen LogP contribution in [0.15, 0.2) is 48.8 Å². The van der Waals surface area contributed by atoms with Gasteiger partial charge in [-0.25, -0.2) is 18.2 Å². The van der Waals surface area contributed by atoms with Gasteiger partial charge in [0.1, 0.15) is 5.82 Å². The second-order valence-corrected chi connectivity index (χ2v) is 8.10. The number of nitrogens with zero attached hydrogens (tertiary/aromatic N) is 4. The summed E-state index contributed by atoms with van der Waals surface area (Å²) in [5.74, 6) is -2.47. The third-order valence-electron chi connectivity index (χ3n) is 5.23. The molecule has 0 unspecified atom stereocenters. The molecule has 1 aliphatic heterocycles. The number of nitrogens with one attached hydrogen (secondary N) is 1. The number of pyridine rings is 1. The molecule has 1 saturated heterocycles. The summed E-state index contributed by atoms with van der Waals surface area (Å²) in [6, 6.07) is 9.26. The molecule has 6 nitrogen and oxygen atoms in total. The Bertz CT molecular complexity index is 1080. The van der Waals surface area contributed by atoms with E-state index in [9.17, 15) is 13.2 Å². The van der Waals surface area contributed by atoms with Crippen LogP contribution in [0.1, 0.15) is 26.3 Å². The van der Waals surface area contributed by atoms with Gasteiger partial charge < -0.3 is 15.0 Å². The first kappa shape index (κ1) is 22.0. The number of hydrogen-bond acceptors (Lipinski definition) is 6. The zero-order chi connectivity index (χ0) is 22.9. The van der Waals surface area contributed by atoms with E-state index in [1.807, 2.05) is 13.8 Å². The van der Waals surface area contributed by atoms with Gasteiger partial charge in [-0.3, -0.25) is 0 Å². The number of hydrogen-bond donors (Lipinski definition) is 1. The van der Waals surface area contributed by atoms with Crippen molar-refractivity contribution < 1.29 is 17.9 Å². The van der Waals surface area contributed by atoms with Crippen molar-refractivity contribution in [1.82, 2.24) is 15.2 Å². The maximum atomic E-state index is 14.5. The number of benzene rings is 1. The first-order chi connectivity index (χ1) is 15.2. The van der Waals surface area contributed by atoms with Gasteiger partial charge in [0.15, 0.2) is 11.6 Å². The van der Waals surface area contributed by atoms with Gasteiger partial charge in [0.25, 0.3) is 5.92 Å². The Morgan fingerprint density at radius 3 is 2.38 bits per heavy atom. The van der Waals surface area contributed by atoms with E-state index in [1.165, 1.54) is 24.5 Å². The number of halogens is 3. The molecule has 9 heteroatoms. The van der Waals surface area contributed by atoms with E-state index >= 15 is 0 Å². The fourth-order valence-electron chi connectivity index (χ4n) is 3.74. The van der Waals surface area contributed by atoms with Crippen LogP contribution in [0.3, 0.4) is 0 Å². The quantitative estimate of drug-likeness (QED) is 0.589. The third kappa shape index (κ3) is 4.99. The smallest absolute Gasteiger partial charge is 0.270 e. The summed E-state index contributed by atoms with van der Waals surface area (Å²) in [5.41, 5.74) is 1.51. The van der Waals surface area contributed by atoms with Crippen molar-refractivity contribution in [3.8, 4) is 11.1 Å². The van der Waals surface area contributed by atoms with Crippen molar-refractivity contribution in [2.75, 3.05) is 23.3 Å². The lowest BCUT2D eigenvalue weighted by Gasteiger charge is -2.36. The maximum absolute atomic E-state index is 14.5. The lowest BCUT2D eigenvalue weighted by atomic mass is 10.0. The molecule has 0 saturated carbocycles. The Balaban J connectivity index is 1.56. The number of alkyl halides is 2. The first-order valence-electron chi connectivity index (χ1n) is 10.3. The predicted octanol–water partition coefficient (Wildman–Crippen LogP) is 5.15. The van der Waals surface area contributed by atoms with E-state index in [4.69, 9.17) is 4.74 Å². The van der Waals surface area contributed by atoms with Gasteiger partial charge >= 0.3 is 0 Å². The molecule has 2 aromatic heterocycles. The summed E-state index contributed by atoms with van der Waals surface area (Å²) in [6.45, 7) is 6.14. The highest BCUT2D eigenvalue weighted by Crippen LogP contribution is 2.30. The average Bonchev–Trinajstić information content (AvgIpc) is 2.74. The highest BCUT2D eigenvalue weighted by Gasteiger charge is 2.25. The molecule has 0 bridgehead atoms. The molecule has 2 atom stereocenters. The normalized spacial score (nSPS) is 19.1. The highest BCUT2D eigenvalue weighted by molar-refractivity contribution is 5.69. The minimum atomic E-state index is -2.91. The summed E-state index contributed by atoms with van der Waals surface area (Å²) in [6.07, 6.45) is 2.78. The molecule has 0 radical (unpaired) electrons. The Hall–Kier alpha value is -3.20. The van der Waals surface area contributed by atoms with Crippen molar-refractivity contribution in [2.45, 2.75) is 38.9 Å². The SMILES string of the molecule is C[C@@H]1CN(c2cc(Nc3cc(-c4ccc(C(C)(F)F)cc4)cnn3)c(F)cn2)C[C@H](C)O1. The lowest BCUT2D eigenvalue weighted by molar-refractivity contribution is -0.00546. The van der Waals surface area contributed by atoms with Crippen LogP contribution in [0.25, 0.3) is 11.1 Å². The summed E-state index contributed by atoms with van der Waals surface area (Å²) in [5, 5.41) is 10.9. The van der Waals surface area contributed by atoms with Crippen LogP contribution in [0.5, 0.6) is 0 Å². The van der Waals surface area contributed by atoms with Gasteiger partial charge in [-0.15, -0.1) is 5.10 Å². The van der Waals surface area contributed by atoms with Crippen LogP contribution in [0.2, 0.25) is 0 Å². The van der Waals surface area contributed by atoms with Crippen LogP contribution in [0.4, 0.5) is 30.5 Å². The van der Waals surface area contributed by atoms with E-state index in [1.54, 1.807) is 24.3 Å². The second-order valence-electron chi connectivity index (χ2n) is 8.10.